The fourth-order valence-corrected chi connectivity index (χ4v) is 2.81. The third kappa shape index (κ3) is 9.58. The van der Waals surface area contributed by atoms with Crippen molar-refractivity contribution in [2.45, 2.75) is 57.8 Å². The van der Waals surface area contributed by atoms with E-state index in [1.54, 1.807) is 30.3 Å². The highest BCUT2D eigenvalue weighted by atomic mass is 16.4. The predicted molar refractivity (Wildman–Crippen MR) is 114 cm³/mol. The smallest absolute Gasteiger partial charge is 0.322 e. The molecule has 0 aliphatic heterocycles. The lowest BCUT2D eigenvalue weighted by atomic mass is 10.0. The first kappa shape index (κ1) is 26.1. The van der Waals surface area contributed by atoms with E-state index in [0.29, 0.717) is 0 Å². The fourth-order valence-electron chi connectivity index (χ4n) is 2.81. The van der Waals surface area contributed by atoms with Gasteiger partial charge in [0.15, 0.2) is 0 Å². The van der Waals surface area contributed by atoms with Crippen molar-refractivity contribution in [2.75, 3.05) is 6.54 Å². The van der Waals surface area contributed by atoms with E-state index in [1.165, 1.54) is 6.92 Å². The second kappa shape index (κ2) is 12.7. The molecule has 0 spiro atoms. The van der Waals surface area contributed by atoms with Gasteiger partial charge in [0.05, 0.1) is 6.10 Å². The third-order valence-corrected chi connectivity index (χ3v) is 4.49. The van der Waals surface area contributed by atoms with Crippen molar-refractivity contribution in [1.82, 2.24) is 16.0 Å². The highest BCUT2D eigenvalue weighted by Gasteiger charge is 2.30. The van der Waals surface area contributed by atoms with Crippen molar-refractivity contribution in [3.05, 3.63) is 35.9 Å². The molecule has 1 aromatic rings. The summed E-state index contributed by atoms with van der Waals surface area (Å²) in [5.74, 6) is -3.13. The van der Waals surface area contributed by atoms with Crippen LogP contribution in [0.5, 0.6) is 0 Å². The number of aliphatic hydroxyl groups is 1. The molecule has 10 heteroatoms. The number of carbonyl (C=O) groups excluding carboxylic acids is 3. The molecule has 0 aliphatic rings. The van der Waals surface area contributed by atoms with Gasteiger partial charge in [0.1, 0.15) is 24.7 Å². The van der Waals surface area contributed by atoms with Crippen molar-refractivity contribution in [2.24, 2.45) is 11.7 Å². The zero-order valence-electron chi connectivity index (χ0n) is 18.0. The van der Waals surface area contributed by atoms with Gasteiger partial charge in [0.2, 0.25) is 17.7 Å². The number of carboxylic acids is 1. The maximum absolute atomic E-state index is 12.9. The van der Waals surface area contributed by atoms with Gasteiger partial charge in [-0.25, -0.2) is 0 Å². The SMILES string of the molecule is CC(C)CC(NC(=O)C(N)C(C)O)C(=O)NC(Cc1ccccc1)C(=O)NCC(=O)O. The average molecular weight is 437 g/mol. The van der Waals surface area contributed by atoms with Crippen LogP contribution < -0.4 is 21.7 Å². The Bertz CT molecular complexity index is 753. The zero-order valence-corrected chi connectivity index (χ0v) is 18.0. The van der Waals surface area contributed by atoms with Gasteiger partial charge in [-0.1, -0.05) is 44.2 Å². The first-order chi connectivity index (χ1) is 14.5. The minimum absolute atomic E-state index is 0.0345. The standard InChI is InChI=1S/C21H32N4O6/c1-12(2)9-15(25-21(31)18(22)13(3)26)20(30)24-16(19(29)23-11-17(27)28)10-14-7-5-4-6-8-14/h4-8,12-13,15-16,18,26H,9-11,22H2,1-3H3,(H,23,29)(H,24,30)(H,25,31)(H,27,28). The summed E-state index contributed by atoms with van der Waals surface area (Å²) in [6.45, 7) is 4.50. The van der Waals surface area contributed by atoms with Crippen molar-refractivity contribution < 1.29 is 29.4 Å². The highest BCUT2D eigenvalue weighted by Crippen LogP contribution is 2.08. The van der Waals surface area contributed by atoms with Gasteiger partial charge in [0.25, 0.3) is 0 Å². The first-order valence-corrected chi connectivity index (χ1v) is 10.1. The number of carboxylic acid groups (broad SMARTS) is 1. The third-order valence-electron chi connectivity index (χ3n) is 4.49. The first-order valence-electron chi connectivity index (χ1n) is 10.1. The summed E-state index contributed by atoms with van der Waals surface area (Å²) in [6, 6.07) is 5.68. The van der Waals surface area contributed by atoms with Crippen LogP contribution in [0.3, 0.4) is 0 Å². The van der Waals surface area contributed by atoms with Crippen molar-refractivity contribution >= 4 is 23.7 Å². The van der Waals surface area contributed by atoms with Crippen LogP contribution in [-0.2, 0) is 25.6 Å². The molecule has 10 nitrogen and oxygen atoms in total. The van der Waals surface area contributed by atoms with Crippen LogP contribution >= 0.6 is 0 Å². The zero-order chi connectivity index (χ0) is 23.6. The molecule has 3 amide bonds. The van der Waals surface area contributed by atoms with Gasteiger partial charge in [-0.2, -0.15) is 0 Å². The number of hydrogen-bond donors (Lipinski definition) is 6. The molecule has 172 valence electrons. The Kier molecular flexibility index (Phi) is 10.6. The maximum Gasteiger partial charge on any atom is 0.322 e. The van der Waals surface area contributed by atoms with Gasteiger partial charge in [-0.05, 0) is 24.8 Å². The maximum atomic E-state index is 12.9. The second-order valence-corrected chi connectivity index (χ2v) is 7.82. The van der Waals surface area contributed by atoms with Crippen LogP contribution in [0.15, 0.2) is 30.3 Å². The number of nitrogens with one attached hydrogen (secondary N) is 3. The molecule has 0 radical (unpaired) electrons. The number of rotatable bonds is 12. The molecule has 0 bridgehead atoms. The highest BCUT2D eigenvalue weighted by molar-refractivity contribution is 5.93. The van der Waals surface area contributed by atoms with Gasteiger partial charge in [-0.15, -0.1) is 0 Å². The van der Waals surface area contributed by atoms with E-state index in [0.717, 1.165) is 5.56 Å². The van der Waals surface area contributed by atoms with E-state index in [1.807, 2.05) is 13.8 Å². The van der Waals surface area contributed by atoms with Crippen LogP contribution in [0.4, 0.5) is 0 Å². The molecule has 1 rings (SSSR count). The molecule has 0 fully saturated rings. The van der Waals surface area contributed by atoms with Crippen molar-refractivity contribution in [3.8, 4) is 0 Å². The Morgan fingerprint density at radius 2 is 1.52 bits per heavy atom. The summed E-state index contributed by atoms with van der Waals surface area (Å²) in [7, 11) is 0. The summed E-state index contributed by atoms with van der Waals surface area (Å²) in [5, 5.41) is 25.7. The van der Waals surface area contributed by atoms with Crippen LogP contribution in [0.25, 0.3) is 0 Å². The van der Waals surface area contributed by atoms with E-state index in [2.05, 4.69) is 16.0 Å². The molecule has 7 N–H and O–H groups in total. The number of aliphatic hydroxyl groups excluding tert-OH is 1. The Hall–Kier alpha value is -2.98. The topological polar surface area (TPSA) is 171 Å². The number of aliphatic carboxylic acids is 1. The number of nitrogens with two attached hydrogens (primary N) is 1. The van der Waals surface area contributed by atoms with Crippen molar-refractivity contribution in [1.29, 1.82) is 0 Å². The molecule has 0 saturated carbocycles. The Balaban J connectivity index is 2.99. The molecular weight excluding hydrogens is 404 g/mol. The van der Waals surface area contributed by atoms with Crippen LogP contribution in [0.2, 0.25) is 0 Å². The molecule has 0 saturated heterocycles. The van der Waals surface area contributed by atoms with E-state index in [-0.39, 0.29) is 18.8 Å². The van der Waals surface area contributed by atoms with Gasteiger partial charge in [-0.3, -0.25) is 19.2 Å². The van der Waals surface area contributed by atoms with Crippen LogP contribution in [0.1, 0.15) is 32.8 Å². The molecule has 1 aromatic carbocycles. The average Bonchev–Trinajstić information content (AvgIpc) is 2.70. The summed E-state index contributed by atoms with van der Waals surface area (Å²) in [5.41, 5.74) is 6.41. The Labute approximate surface area is 181 Å². The minimum atomic E-state index is -1.21. The summed E-state index contributed by atoms with van der Waals surface area (Å²) in [6.07, 6.45) is -0.692. The van der Waals surface area contributed by atoms with E-state index in [9.17, 15) is 24.3 Å². The fraction of sp³-hybridized carbons (Fsp3) is 0.524. The minimum Gasteiger partial charge on any atom is -0.480 e. The van der Waals surface area contributed by atoms with Gasteiger partial charge >= 0.3 is 5.97 Å². The summed E-state index contributed by atoms with van der Waals surface area (Å²) < 4.78 is 0. The number of benzene rings is 1. The second-order valence-electron chi connectivity index (χ2n) is 7.82. The molecule has 4 unspecified atom stereocenters. The lowest BCUT2D eigenvalue weighted by Gasteiger charge is -2.25. The monoisotopic (exact) mass is 436 g/mol. The molecular formula is C21H32N4O6. The van der Waals surface area contributed by atoms with E-state index >= 15 is 0 Å². The van der Waals surface area contributed by atoms with E-state index < -0.39 is 54.5 Å². The Morgan fingerprint density at radius 1 is 0.935 bits per heavy atom. The van der Waals surface area contributed by atoms with E-state index in [4.69, 9.17) is 10.8 Å². The van der Waals surface area contributed by atoms with Gasteiger partial charge < -0.3 is 31.9 Å². The lowest BCUT2D eigenvalue weighted by Crippen LogP contribution is -2.58. The molecule has 0 heterocycles. The van der Waals surface area contributed by atoms with Crippen molar-refractivity contribution in [3.63, 3.8) is 0 Å². The van der Waals surface area contributed by atoms with Gasteiger partial charge in [0, 0.05) is 6.42 Å². The molecule has 0 aromatic heterocycles. The number of carbonyl (C=O) groups is 4. The molecule has 4 atom stereocenters. The van der Waals surface area contributed by atoms with Crippen LogP contribution in [-0.4, -0.2) is 64.7 Å². The summed E-state index contributed by atoms with van der Waals surface area (Å²) >= 11 is 0. The molecule has 31 heavy (non-hydrogen) atoms. The quantitative estimate of drug-likeness (QED) is 0.248. The lowest BCUT2D eigenvalue weighted by molar-refractivity contribution is -0.138. The van der Waals surface area contributed by atoms with Crippen LogP contribution in [0, 0.1) is 5.92 Å². The normalized spacial score (nSPS) is 14.8. The predicted octanol–water partition coefficient (Wildman–Crippen LogP) is -0.846. The number of hydrogen-bond acceptors (Lipinski definition) is 6. The Morgan fingerprint density at radius 3 is 2.03 bits per heavy atom. The summed E-state index contributed by atoms with van der Waals surface area (Å²) in [4.78, 5) is 48.5. The largest absolute Gasteiger partial charge is 0.480 e. The molecule has 0 aliphatic carbocycles. The number of amides is 3.